The fourth-order valence-electron chi connectivity index (χ4n) is 5.68. The van der Waals surface area contributed by atoms with Gasteiger partial charge in [0.05, 0.1) is 58.3 Å². The number of halogens is 3. The molecule has 208 valence electrons. The normalized spacial score (nSPS) is 31.5. The van der Waals surface area contributed by atoms with Crippen LogP contribution in [0.15, 0.2) is 10.6 Å². The third kappa shape index (κ3) is 5.76. The number of fused-ring (bicyclic) bond motifs is 1. The molecule has 0 saturated carbocycles. The number of rotatable bonds is 7. The van der Waals surface area contributed by atoms with Crippen molar-refractivity contribution >= 4 is 35.5 Å². The van der Waals surface area contributed by atoms with E-state index in [2.05, 4.69) is 24.7 Å². The van der Waals surface area contributed by atoms with Crippen molar-refractivity contribution in [3.63, 3.8) is 0 Å². The Bertz CT molecular complexity index is 989. The summed E-state index contributed by atoms with van der Waals surface area (Å²) < 4.78 is 26.2. The van der Waals surface area contributed by atoms with Gasteiger partial charge in [-0.15, -0.1) is 11.8 Å². The van der Waals surface area contributed by atoms with Gasteiger partial charge in [-0.25, -0.2) is 4.79 Å². The van der Waals surface area contributed by atoms with Crippen molar-refractivity contribution in [3.8, 4) is 0 Å². The van der Waals surface area contributed by atoms with Gasteiger partial charge in [-0.1, -0.05) is 6.92 Å². The van der Waals surface area contributed by atoms with Gasteiger partial charge in [0.25, 0.3) is 5.91 Å². The molecule has 6 atom stereocenters. The minimum atomic E-state index is -3.19. The first-order chi connectivity index (χ1) is 16.8. The maximum absolute atomic E-state index is 13.0. The predicted octanol–water partition coefficient (Wildman–Crippen LogP) is -3.08. The first-order valence-corrected chi connectivity index (χ1v) is 13.1. The Morgan fingerprint density at radius 3 is 2.41 bits per heavy atom. The van der Waals surface area contributed by atoms with E-state index in [1.54, 1.807) is 0 Å². The van der Waals surface area contributed by atoms with Gasteiger partial charge >= 0.3 is 12.4 Å². The average molecular weight is 658 g/mol. The van der Waals surface area contributed by atoms with Crippen molar-refractivity contribution in [2.75, 3.05) is 46.8 Å². The van der Waals surface area contributed by atoms with Gasteiger partial charge in [0.1, 0.15) is 5.70 Å². The minimum absolute atomic E-state index is 0. The molecule has 4 heterocycles. The number of piperazine rings is 1. The molecule has 0 aromatic heterocycles. The zero-order chi connectivity index (χ0) is 26.5. The van der Waals surface area contributed by atoms with E-state index in [4.69, 9.17) is 0 Å². The molecule has 0 aromatic carbocycles. The van der Waals surface area contributed by atoms with E-state index < -0.39 is 42.2 Å². The third-order valence-electron chi connectivity index (χ3n) is 7.84. The largest absolute Gasteiger partial charge is 1.00 e. The SMILES string of the molecule is CC(NC(=O)C(F)F)[C@H]1C(=O)N2C(C(=O)O)=C(S[C@@H]3CN[C@H](C(=O)N4CC[N+](C)(C)CC4)C3)[C@H](C)[C@H]12.[I-]. The second-order valence-electron chi connectivity index (χ2n) is 10.8. The quantitative estimate of drug-likeness (QED) is 0.151. The van der Waals surface area contributed by atoms with Crippen LogP contribution in [0.1, 0.15) is 20.3 Å². The summed E-state index contributed by atoms with van der Waals surface area (Å²) in [5.41, 5.74) is -0.0862. The fraction of sp³-hybridized carbons (Fsp3) is 0.739. The Morgan fingerprint density at radius 2 is 1.84 bits per heavy atom. The standard InChI is InChI=1S/C23H33F2N5O5S.HI/c1-11-16-15(12(2)27-20(31)19(24)25)22(33)29(16)17(23(34)35)18(11)36-13-9-14(26-10-13)21(32)28-5-7-30(3,4)8-6-28;/h11-16,19,26H,5-10H2,1-4H3,(H-,27,31,34,35);1H/t11-,12?,13+,14+,15-,16-;/m1./s1. The summed E-state index contributed by atoms with van der Waals surface area (Å²) in [5.74, 6) is -4.24. The van der Waals surface area contributed by atoms with E-state index in [1.165, 1.54) is 23.6 Å². The number of hydrogen-bond donors (Lipinski definition) is 3. The number of carboxylic acids is 1. The molecule has 3 N–H and O–H groups in total. The van der Waals surface area contributed by atoms with Crippen LogP contribution in [-0.4, -0.2) is 120 Å². The molecule has 0 bridgehead atoms. The summed E-state index contributed by atoms with van der Waals surface area (Å²) in [6.45, 7) is 7.02. The smallest absolute Gasteiger partial charge is 0.353 e. The Kier molecular flexibility index (Phi) is 9.17. The van der Waals surface area contributed by atoms with Gasteiger partial charge in [0.15, 0.2) is 0 Å². The summed E-state index contributed by atoms with van der Waals surface area (Å²) in [7, 11) is 4.29. The number of β-lactam (4-membered cyclic amide) rings is 1. The molecule has 0 aliphatic carbocycles. The lowest BCUT2D eigenvalue weighted by molar-refractivity contribution is -0.894. The van der Waals surface area contributed by atoms with E-state index in [1.807, 2.05) is 11.8 Å². The molecular formula is C23H34F2IN5O5S. The highest BCUT2D eigenvalue weighted by molar-refractivity contribution is 8.03. The second kappa shape index (κ2) is 11.3. The number of carbonyl (C=O) groups excluding carboxylic acids is 3. The number of carbonyl (C=O) groups is 4. The summed E-state index contributed by atoms with van der Waals surface area (Å²) in [5, 5.41) is 15.3. The number of likely N-dealkylation sites (N-methyl/N-ethyl adjacent to an activating group) is 1. The molecule has 0 spiro atoms. The van der Waals surface area contributed by atoms with Crippen LogP contribution in [-0.2, 0) is 19.2 Å². The van der Waals surface area contributed by atoms with E-state index in [9.17, 15) is 33.1 Å². The van der Waals surface area contributed by atoms with Gasteiger partial charge < -0.3 is 54.0 Å². The van der Waals surface area contributed by atoms with Crippen LogP contribution in [0.4, 0.5) is 8.78 Å². The maximum Gasteiger partial charge on any atom is 0.353 e. The average Bonchev–Trinajstić information content (AvgIpc) is 3.35. The van der Waals surface area contributed by atoms with Crippen LogP contribution in [0.3, 0.4) is 0 Å². The van der Waals surface area contributed by atoms with Crippen molar-refractivity contribution in [1.82, 2.24) is 20.4 Å². The highest BCUT2D eigenvalue weighted by Crippen LogP contribution is 2.51. The number of carboxylic acid groups (broad SMARTS) is 1. The zero-order valence-corrected chi connectivity index (χ0v) is 24.2. The first-order valence-electron chi connectivity index (χ1n) is 12.2. The van der Waals surface area contributed by atoms with E-state index in [-0.39, 0.29) is 52.8 Å². The molecule has 4 aliphatic rings. The lowest BCUT2D eigenvalue weighted by Crippen LogP contribution is -3.00. The number of nitrogens with zero attached hydrogens (tertiary/aromatic N) is 3. The number of aliphatic carboxylic acids is 1. The van der Waals surface area contributed by atoms with Gasteiger partial charge in [-0.2, -0.15) is 8.78 Å². The molecule has 3 fully saturated rings. The molecular weight excluding hydrogens is 623 g/mol. The Morgan fingerprint density at radius 1 is 1.22 bits per heavy atom. The van der Waals surface area contributed by atoms with Crippen molar-refractivity contribution in [2.24, 2.45) is 11.8 Å². The van der Waals surface area contributed by atoms with E-state index in [0.717, 1.165) is 17.6 Å². The molecule has 1 unspecified atom stereocenters. The predicted molar refractivity (Wildman–Crippen MR) is 128 cm³/mol. The second-order valence-corrected chi connectivity index (χ2v) is 12.1. The minimum Gasteiger partial charge on any atom is -1.00 e. The van der Waals surface area contributed by atoms with Gasteiger partial charge in [-0.05, 0) is 13.3 Å². The Hall–Kier alpha value is -1.52. The molecule has 0 radical (unpaired) electrons. The number of amides is 3. The van der Waals surface area contributed by atoms with Crippen LogP contribution < -0.4 is 34.6 Å². The van der Waals surface area contributed by atoms with E-state index >= 15 is 0 Å². The Balaban J connectivity index is 0.00000380. The number of thioether (sulfide) groups is 1. The molecule has 0 aromatic rings. The maximum atomic E-state index is 13.0. The van der Waals surface area contributed by atoms with Crippen LogP contribution in [0.25, 0.3) is 0 Å². The van der Waals surface area contributed by atoms with Crippen LogP contribution >= 0.6 is 11.8 Å². The van der Waals surface area contributed by atoms with Crippen molar-refractivity contribution in [1.29, 1.82) is 0 Å². The summed E-state index contributed by atoms with van der Waals surface area (Å²) in [6.07, 6.45) is -2.65. The zero-order valence-electron chi connectivity index (χ0n) is 21.2. The molecule has 37 heavy (non-hydrogen) atoms. The van der Waals surface area contributed by atoms with Gasteiger partial charge in [0.2, 0.25) is 11.8 Å². The van der Waals surface area contributed by atoms with Crippen LogP contribution in [0, 0.1) is 11.8 Å². The lowest BCUT2D eigenvalue weighted by Gasteiger charge is -2.47. The highest BCUT2D eigenvalue weighted by Gasteiger charge is 2.60. The number of hydrogen-bond acceptors (Lipinski definition) is 6. The highest BCUT2D eigenvalue weighted by atomic mass is 127. The van der Waals surface area contributed by atoms with Gasteiger partial charge in [-0.3, -0.25) is 14.4 Å². The van der Waals surface area contributed by atoms with Crippen LogP contribution in [0.2, 0.25) is 0 Å². The third-order valence-corrected chi connectivity index (χ3v) is 9.35. The molecule has 3 amide bonds. The van der Waals surface area contributed by atoms with Crippen molar-refractivity contribution in [2.45, 2.75) is 50.1 Å². The monoisotopic (exact) mass is 657 g/mol. The summed E-state index contributed by atoms with van der Waals surface area (Å²) in [4.78, 5) is 53.1. The van der Waals surface area contributed by atoms with Crippen LogP contribution in [0.5, 0.6) is 0 Å². The van der Waals surface area contributed by atoms with Gasteiger partial charge in [0, 0.05) is 28.7 Å². The molecule has 10 nitrogen and oxygen atoms in total. The fourth-order valence-corrected chi connectivity index (χ4v) is 7.16. The molecule has 4 aliphatic heterocycles. The first kappa shape index (κ1) is 30.0. The molecule has 14 heteroatoms. The lowest BCUT2D eigenvalue weighted by atomic mass is 9.78. The van der Waals surface area contributed by atoms with Crippen molar-refractivity contribution in [3.05, 3.63) is 10.6 Å². The summed E-state index contributed by atoms with van der Waals surface area (Å²) in [6, 6.07) is -1.72. The number of quaternary nitrogens is 1. The molecule has 3 saturated heterocycles. The number of nitrogens with one attached hydrogen (secondary N) is 2. The Labute approximate surface area is 236 Å². The summed E-state index contributed by atoms with van der Waals surface area (Å²) >= 11 is 1.37. The van der Waals surface area contributed by atoms with Crippen molar-refractivity contribution < 1.29 is 61.5 Å². The topological polar surface area (TPSA) is 119 Å². The number of alkyl halides is 2. The van der Waals surface area contributed by atoms with E-state index in [0.29, 0.717) is 31.0 Å². The molecule has 4 rings (SSSR count).